The Morgan fingerprint density at radius 3 is 2.60 bits per heavy atom. The van der Waals surface area contributed by atoms with Crippen LogP contribution in [0.15, 0.2) is 12.3 Å². The van der Waals surface area contributed by atoms with Gasteiger partial charge in [0.25, 0.3) is 0 Å². The highest BCUT2D eigenvalue weighted by Crippen LogP contribution is 2.19. The highest BCUT2D eigenvalue weighted by Gasteiger charge is 2.19. The van der Waals surface area contributed by atoms with Gasteiger partial charge in [-0.25, -0.2) is 9.78 Å². The second kappa shape index (κ2) is 4.16. The first-order chi connectivity index (χ1) is 6.93. The van der Waals surface area contributed by atoms with Crippen molar-refractivity contribution in [2.24, 2.45) is 0 Å². The Hall–Kier alpha value is -1.78. The van der Waals surface area contributed by atoms with Crippen molar-refractivity contribution in [2.75, 3.05) is 10.6 Å². The zero-order valence-electron chi connectivity index (χ0n) is 9.06. The largest absolute Gasteiger partial charge is 0.465 e. The molecule has 0 saturated heterocycles. The van der Waals surface area contributed by atoms with Crippen LogP contribution in [0.25, 0.3) is 0 Å². The highest BCUT2D eigenvalue weighted by molar-refractivity contribution is 5.85. The summed E-state index contributed by atoms with van der Waals surface area (Å²) in [6.07, 6.45) is 0.463. The Morgan fingerprint density at radius 2 is 2.20 bits per heavy atom. The molecule has 5 nitrogen and oxygen atoms in total. The summed E-state index contributed by atoms with van der Waals surface area (Å²) < 4.78 is 0. The number of nitrogens with zero attached hydrogens (tertiary/aromatic N) is 2. The van der Waals surface area contributed by atoms with Crippen LogP contribution in [0, 0.1) is 6.92 Å². The summed E-state index contributed by atoms with van der Waals surface area (Å²) in [7, 11) is 0. The van der Waals surface area contributed by atoms with Crippen LogP contribution in [0.5, 0.6) is 0 Å². The molecule has 0 unspecified atom stereocenters. The van der Waals surface area contributed by atoms with Crippen molar-refractivity contribution in [1.29, 1.82) is 0 Å². The number of carboxylic acid groups (broad SMARTS) is 1. The van der Waals surface area contributed by atoms with E-state index in [9.17, 15) is 4.79 Å². The third kappa shape index (κ3) is 2.37. The summed E-state index contributed by atoms with van der Waals surface area (Å²) in [4.78, 5) is 16.2. The van der Waals surface area contributed by atoms with Crippen molar-refractivity contribution in [1.82, 2.24) is 4.98 Å². The molecule has 0 spiro atoms. The zero-order chi connectivity index (χ0) is 11.6. The molecule has 0 aliphatic rings. The van der Waals surface area contributed by atoms with Gasteiger partial charge in [0.05, 0.1) is 11.9 Å². The molecular weight excluding hydrogens is 194 g/mol. The number of nitrogen functional groups attached to an aromatic ring is 1. The molecule has 0 bridgehead atoms. The molecule has 1 aromatic heterocycles. The second-order valence-electron chi connectivity index (χ2n) is 3.65. The standard InChI is InChI=1S/C10H15N3O2/c1-6(2)13(10(14)15)9-4-7(3)8(11)5-12-9/h4-6H,11H2,1-3H3,(H,14,15). The van der Waals surface area contributed by atoms with Gasteiger partial charge in [-0.3, -0.25) is 4.90 Å². The predicted octanol–water partition coefficient (Wildman–Crippen LogP) is 1.87. The van der Waals surface area contributed by atoms with E-state index in [2.05, 4.69) is 4.98 Å². The van der Waals surface area contributed by atoms with Gasteiger partial charge in [-0.05, 0) is 32.4 Å². The van der Waals surface area contributed by atoms with Gasteiger partial charge in [-0.15, -0.1) is 0 Å². The van der Waals surface area contributed by atoms with Crippen LogP contribution in [0.3, 0.4) is 0 Å². The molecule has 82 valence electrons. The molecular formula is C10H15N3O2. The summed E-state index contributed by atoms with van der Waals surface area (Å²) in [5.74, 6) is 0.407. The lowest BCUT2D eigenvalue weighted by atomic mass is 10.2. The fourth-order valence-electron chi connectivity index (χ4n) is 1.27. The minimum atomic E-state index is -1.01. The normalized spacial score (nSPS) is 10.4. The minimum absolute atomic E-state index is 0.155. The Balaban J connectivity index is 3.12. The van der Waals surface area contributed by atoms with E-state index in [1.807, 2.05) is 6.92 Å². The van der Waals surface area contributed by atoms with Crippen molar-refractivity contribution >= 4 is 17.6 Å². The first-order valence-electron chi connectivity index (χ1n) is 4.67. The molecule has 0 fully saturated rings. The third-order valence-corrected chi connectivity index (χ3v) is 2.11. The lowest BCUT2D eigenvalue weighted by molar-refractivity contribution is 0.200. The number of hydrogen-bond donors (Lipinski definition) is 2. The average molecular weight is 209 g/mol. The fourth-order valence-corrected chi connectivity index (χ4v) is 1.27. The van der Waals surface area contributed by atoms with Gasteiger partial charge >= 0.3 is 6.09 Å². The quantitative estimate of drug-likeness (QED) is 0.779. The van der Waals surface area contributed by atoms with E-state index >= 15 is 0 Å². The van der Waals surface area contributed by atoms with Gasteiger partial charge in [-0.2, -0.15) is 0 Å². The van der Waals surface area contributed by atoms with Gasteiger partial charge < -0.3 is 10.8 Å². The first kappa shape index (κ1) is 11.3. The summed E-state index contributed by atoms with van der Waals surface area (Å²) in [5, 5.41) is 9.01. The molecule has 1 heterocycles. The number of aryl methyl sites for hydroxylation is 1. The predicted molar refractivity (Wildman–Crippen MR) is 59.0 cm³/mol. The van der Waals surface area contributed by atoms with Gasteiger partial charge in [0.1, 0.15) is 5.82 Å². The highest BCUT2D eigenvalue weighted by atomic mass is 16.4. The monoisotopic (exact) mass is 209 g/mol. The Labute approximate surface area is 88.5 Å². The lowest BCUT2D eigenvalue weighted by Crippen LogP contribution is -2.36. The molecule has 0 aromatic carbocycles. The maximum atomic E-state index is 11.0. The topological polar surface area (TPSA) is 79.5 Å². The molecule has 0 aliphatic heterocycles. The second-order valence-corrected chi connectivity index (χ2v) is 3.65. The number of rotatable bonds is 2. The van der Waals surface area contributed by atoms with Crippen LogP contribution >= 0.6 is 0 Å². The Bertz CT molecular complexity index is 377. The number of carbonyl (C=O) groups is 1. The van der Waals surface area contributed by atoms with Crippen LogP contribution in [-0.4, -0.2) is 22.2 Å². The fraction of sp³-hybridized carbons (Fsp3) is 0.400. The van der Waals surface area contributed by atoms with Crippen molar-refractivity contribution in [3.05, 3.63) is 17.8 Å². The molecule has 0 radical (unpaired) electrons. The number of hydrogen-bond acceptors (Lipinski definition) is 3. The lowest BCUT2D eigenvalue weighted by Gasteiger charge is -2.22. The van der Waals surface area contributed by atoms with E-state index in [1.54, 1.807) is 19.9 Å². The molecule has 0 atom stereocenters. The van der Waals surface area contributed by atoms with Crippen LogP contribution < -0.4 is 10.6 Å². The number of aromatic nitrogens is 1. The SMILES string of the molecule is Cc1cc(N(C(=O)O)C(C)C)ncc1N. The van der Waals surface area contributed by atoms with Crippen LogP contribution in [0.1, 0.15) is 19.4 Å². The minimum Gasteiger partial charge on any atom is -0.465 e. The van der Waals surface area contributed by atoms with Crippen LogP contribution in [0.4, 0.5) is 16.3 Å². The zero-order valence-corrected chi connectivity index (χ0v) is 9.06. The number of amides is 1. The van der Waals surface area contributed by atoms with Gasteiger partial charge in [0.15, 0.2) is 0 Å². The third-order valence-electron chi connectivity index (χ3n) is 2.11. The first-order valence-corrected chi connectivity index (χ1v) is 4.67. The van der Waals surface area contributed by atoms with E-state index in [1.165, 1.54) is 11.1 Å². The van der Waals surface area contributed by atoms with Gasteiger partial charge in [0.2, 0.25) is 0 Å². The number of anilines is 2. The van der Waals surface area contributed by atoms with Crippen molar-refractivity contribution < 1.29 is 9.90 Å². The smallest absolute Gasteiger partial charge is 0.413 e. The summed E-state index contributed by atoms with van der Waals surface area (Å²) in [6, 6.07) is 1.52. The van der Waals surface area contributed by atoms with E-state index in [4.69, 9.17) is 10.8 Å². The molecule has 5 heteroatoms. The number of pyridine rings is 1. The van der Waals surface area contributed by atoms with Crippen LogP contribution in [0.2, 0.25) is 0 Å². The van der Waals surface area contributed by atoms with E-state index < -0.39 is 6.09 Å². The van der Waals surface area contributed by atoms with Gasteiger partial charge in [-0.1, -0.05) is 0 Å². The summed E-state index contributed by atoms with van der Waals surface area (Å²) in [6.45, 7) is 5.41. The maximum absolute atomic E-state index is 11.0. The van der Waals surface area contributed by atoms with E-state index in [0.29, 0.717) is 11.5 Å². The molecule has 3 N–H and O–H groups in total. The van der Waals surface area contributed by atoms with E-state index in [0.717, 1.165) is 5.56 Å². The molecule has 0 aliphatic carbocycles. The Kier molecular flexibility index (Phi) is 3.14. The molecule has 15 heavy (non-hydrogen) atoms. The summed E-state index contributed by atoms with van der Waals surface area (Å²) in [5.41, 5.74) is 7.00. The van der Waals surface area contributed by atoms with Crippen molar-refractivity contribution in [3.8, 4) is 0 Å². The molecule has 0 saturated carbocycles. The van der Waals surface area contributed by atoms with Crippen molar-refractivity contribution in [2.45, 2.75) is 26.8 Å². The summed E-state index contributed by atoms with van der Waals surface area (Å²) >= 11 is 0. The van der Waals surface area contributed by atoms with Crippen LogP contribution in [-0.2, 0) is 0 Å². The van der Waals surface area contributed by atoms with Gasteiger partial charge in [0, 0.05) is 6.04 Å². The Morgan fingerprint density at radius 1 is 1.60 bits per heavy atom. The molecule has 1 amide bonds. The maximum Gasteiger partial charge on any atom is 0.413 e. The molecule has 1 aromatic rings. The molecule has 1 rings (SSSR count). The van der Waals surface area contributed by atoms with E-state index in [-0.39, 0.29) is 6.04 Å². The average Bonchev–Trinajstić information content (AvgIpc) is 2.10. The van der Waals surface area contributed by atoms with Crippen molar-refractivity contribution in [3.63, 3.8) is 0 Å². The number of nitrogens with two attached hydrogens (primary N) is 1.